The molecule has 4 rings (SSSR count). The number of halogens is 3. The molecule has 0 aliphatic carbocycles. The molecular formula is C20H15F3N6OS. The molecule has 0 spiro atoms. The molecule has 0 fully saturated rings. The van der Waals surface area contributed by atoms with Crippen LogP contribution in [0.2, 0.25) is 0 Å². The minimum atomic E-state index is -4.55. The standard InChI is InChI=1S/C20H15F3N6OS/c1-2-24-19(30)29-17-8-12(18-28-16(10-31-18)20(21,22)23)13(9-27-17)11-3-4-14-15(7-11)26-6-5-25-14/h3-10H,2H2,1H3,(H2,24,27,29,30). The molecule has 2 amide bonds. The number of pyridine rings is 1. The molecule has 0 radical (unpaired) electrons. The fourth-order valence-corrected chi connectivity index (χ4v) is 3.77. The third-order valence-electron chi connectivity index (χ3n) is 4.29. The number of carbonyl (C=O) groups is 1. The van der Waals surface area contributed by atoms with Crippen molar-refractivity contribution < 1.29 is 18.0 Å². The highest BCUT2D eigenvalue weighted by Crippen LogP contribution is 2.38. The SMILES string of the molecule is CCNC(=O)Nc1cc(-c2nc(C(F)(F)F)cs2)c(-c2ccc3nccnc3c2)cn1. The van der Waals surface area contributed by atoms with E-state index in [0.717, 1.165) is 16.7 Å². The number of nitrogens with zero attached hydrogens (tertiary/aromatic N) is 4. The van der Waals surface area contributed by atoms with Crippen LogP contribution in [0.3, 0.4) is 0 Å². The molecule has 31 heavy (non-hydrogen) atoms. The molecule has 0 atom stereocenters. The quantitative estimate of drug-likeness (QED) is 0.463. The van der Waals surface area contributed by atoms with Crippen LogP contribution in [0.15, 0.2) is 48.2 Å². The van der Waals surface area contributed by atoms with Crippen LogP contribution in [-0.4, -0.2) is 32.5 Å². The Morgan fingerprint density at radius 3 is 2.55 bits per heavy atom. The van der Waals surface area contributed by atoms with Crippen molar-refractivity contribution in [3.63, 3.8) is 0 Å². The number of rotatable bonds is 4. The Labute approximate surface area is 178 Å². The average Bonchev–Trinajstić information content (AvgIpc) is 3.24. The van der Waals surface area contributed by atoms with Crippen molar-refractivity contribution in [1.82, 2.24) is 25.3 Å². The summed E-state index contributed by atoms with van der Waals surface area (Å²) in [5.74, 6) is 0.189. The predicted octanol–water partition coefficient (Wildman–Crippen LogP) is 4.98. The number of fused-ring (bicyclic) bond motifs is 1. The van der Waals surface area contributed by atoms with Gasteiger partial charge in [0.05, 0.1) is 11.0 Å². The van der Waals surface area contributed by atoms with Crippen LogP contribution in [-0.2, 0) is 6.18 Å². The average molecular weight is 444 g/mol. The Kier molecular flexibility index (Phi) is 5.51. The maximum absolute atomic E-state index is 13.1. The van der Waals surface area contributed by atoms with E-state index in [4.69, 9.17) is 0 Å². The van der Waals surface area contributed by atoms with Crippen LogP contribution in [0, 0.1) is 0 Å². The van der Waals surface area contributed by atoms with Crippen molar-refractivity contribution in [3.05, 3.63) is 53.9 Å². The van der Waals surface area contributed by atoms with Gasteiger partial charge in [0, 0.05) is 41.6 Å². The second-order valence-electron chi connectivity index (χ2n) is 6.40. The number of alkyl halides is 3. The van der Waals surface area contributed by atoms with Crippen LogP contribution >= 0.6 is 11.3 Å². The smallest absolute Gasteiger partial charge is 0.338 e. The molecule has 0 aliphatic rings. The number of amides is 2. The van der Waals surface area contributed by atoms with E-state index >= 15 is 0 Å². The maximum atomic E-state index is 13.1. The molecule has 3 heterocycles. The van der Waals surface area contributed by atoms with Gasteiger partial charge in [-0.1, -0.05) is 6.07 Å². The fraction of sp³-hybridized carbons (Fsp3) is 0.150. The summed E-state index contributed by atoms with van der Waals surface area (Å²) in [5.41, 5.74) is 1.98. The molecule has 0 saturated heterocycles. The third kappa shape index (κ3) is 4.45. The van der Waals surface area contributed by atoms with Crippen LogP contribution < -0.4 is 10.6 Å². The van der Waals surface area contributed by atoms with E-state index in [0.29, 0.717) is 34.3 Å². The first-order chi connectivity index (χ1) is 14.8. The Bertz CT molecular complexity index is 1260. The van der Waals surface area contributed by atoms with Gasteiger partial charge in [0.25, 0.3) is 0 Å². The molecule has 0 unspecified atom stereocenters. The van der Waals surface area contributed by atoms with Gasteiger partial charge >= 0.3 is 12.2 Å². The van der Waals surface area contributed by atoms with E-state index in [1.807, 2.05) is 0 Å². The highest BCUT2D eigenvalue weighted by atomic mass is 32.1. The van der Waals surface area contributed by atoms with Crippen molar-refractivity contribution in [2.75, 3.05) is 11.9 Å². The number of carbonyl (C=O) groups excluding carboxylic acids is 1. The maximum Gasteiger partial charge on any atom is 0.434 e. The number of anilines is 1. The number of urea groups is 1. The molecule has 2 N–H and O–H groups in total. The topological polar surface area (TPSA) is 92.7 Å². The number of aromatic nitrogens is 4. The molecule has 158 valence electrons. The second-order valence-corrected chi connectivity index (χ2v) is 7.25. The van der Waals surface area contributed by atoms with Gasteiger partial charge in [0.15, 0.2) is 5.69 Å². The lowest BCUT2D eigenvalue weighted by atomic mass is 10.0. The van der Waals surface area contributed by atoms with Gasteiger partial charge < -0.3 is 5.32 Å². The van der Waals surface area contributed by atoms with E-state index < -0.39 is 17.9 Å². The number of benzene rings is 1. The first-order valence-corrected chi connectivity index (χ1v) is 10.0. The van der Waals surface area contributed by atoms with E-state index in [2.05, 4.69) is 30.6 Å². The lowest BCUT2D eigenvalue weighted by molar-refractivity contribution is -0.140. The van der Waals surface area contributed by atoms with Gasteiger partial charge in [-0.2, -0.15) is 13.2 Å². The highest BCUT2D eigenvalue weighted by Gasteiger charge is 2.34. The Morgan fingerprint density at radius 1 is 1.06 bits per heavy atom. The highest BCUT2D eigenvalue weighted by molar-refractivity contribution is 7.13. The molecule has 0 aliphatic heterocycles. The number of nitrogens with one attached hydrogen (secondary N) is 2. The molecule has 0 saturated carbocycles. The summed E-state index contributed by atoms with van der Waals surface area (Å²) in [6.07, 6.45) is 0.0672. The summed E-state index contributed by atoms with van der Waals surface area (Å²) < 4.78 is 39.3. The Balaban J connectivity index is 1.83. The molecular weight excluding hydrogens is 429 g/mol. The van der Waals surface area contributed by atoms with Crippen molar-refractivity contribution in [2.45, 2.75) is 13.1 Å². The van der Waals surface area contributed by atoms with Crippen LogP contribution in [0.1, 0.15) is 12.6 Å². The number of thiazole rings is 1. The summed E-state index contributed by atoms with van der Waals surface area (Å²) in [4.78, 5) is 28.4. The van der Waals surface area contributed by atoms with Gasteiger partial charge in [-0.3, -0.25) is 15.3 Å². The number of hydrogen-bond acceptors (Lipinski definition) is 6. The minimum Gasteiger partial charge on any atom is -0.338 e. The van der Waals surface area contributed by atoms with E-state index in [1.54, 1.807) is 37.5 Å². The van der Waals surface area contributed by atoms with Gasteiger partial charge in [-0.25, -0.2) is 14.8 Å². The summed E-state index contributed by atoms with van der Waals surface area (Å²) >= 11 is 0.865. The predicted molar refractivity (Wildman–Crippen MR) is 112 cm³/mol. The van der Waals surface area contributed by atoms with Gasteiger partial charge in [-0.05, 0) is 30.7 Å². The normalized spacial score (nSPS) is 11.5. The zero-order valence-electron chi connectivity index (χ0n) is 16.1. The van der Waals surface area contributed by atoms with Gasteiger partial charge in [0.1, 0.15) is 10.8 Å². The zero-order chi connectivity index (χ0) is 22.0. The minimum absolute atomic E-state index is 0.155. The van der Waals surface area contributed by atoms with Crippen molar-refractivity contribution in [3.8, 4) is 21.7 Å². The van der Waals surface area contributed by atoms with Crippen molar-refractivity contribution in [1.29, 1.82) is 0 Å². The molecule has 3 aromatic heterocycles. The van der Waals surface area contributed by atoms with Crippen LogP contribution in [0.5, 0.6) is 0 Å². The Hall–Kier alpha value is -3.60. The first kappa shape index (κ1) is 20.7. The molecule has 7 nitrogen and oxygen atoms in total. The summed E-state index contributed by atoms with van der Waals surface area (Å²) in [6, 6.07) is 6.37. The van der Waals surface area contributed by atoms with E-state index in [1.165, 1.54) is 12.3 Å². The Morgan fingerprint density at radius 2 is 1.84 bits per heavy atom. The fourth-order valence-electron chi connectivity index (χ4n) is 2.91. The van der Waals surface area contributed by atoms with Gasteiger partial charge in [0.2, 0.25) is 0 Å². The summed E-state index contributed by atoms with van der Waals surface area (Å²) in [5, 5.41) is 6.26. The van der Waals surface area contributed by atoms with E-state index in [-0.39, 0.29) is 10.8 Å². The largest absolute Gasteiger partial charge is 0.434 e. The van der Waals surface area contributed by atoms with Crippen molar-refractivity contribution >= 4 is 34.2 Å². The molecule has 4 aromatic rings. The summed E-state index contributed by atoms with van der Waals surface area (Å²) in [7, 11) is 0. The molecule has 0 bridgehead atoms. The molecule has 1 aromatic carbocycles. The summed E-state index contributed by atoms with van der Waals surface area (Å²) in [6.45, 7) is 2.18. The van der Waals surface area contributed by atoms with Crippen molar-refractivity contribution in [2.24, 2.45) is 0 Å². The van der Waals surface area contributed by atoms with Crippen LogP contribution in [0.4, 0.5) is 23.8 Å². The second kappa shape index (κ2) is 8.26. The third-order valence-corrected chi connectivity index (χ3v) is 5.16. The van der Waals surface area contributed by atoms with E-state index in [9.17, 15) is 18.0 Å². The lowest BCUT2D eigenvalue weighted by Gasteiger charge is -2.11. The monoisotopic (exact) mass is 444 g/mol. The zero-order valence-corrected chi connectivity index (χ0v) is 16.9. The van der Waals surface area contributed by atoms with Gasteiger partial charge in [-0.15, -0.1) is 11.3 Å². The first-order valence-electron chi connectivity index (χ1n) is 9.14. The lowest BCUT2D eigenvalue weighted by Crippen LogP contribution is -2.28. The molecule has 11 heteroatoms. The number of hydrogen-bond donors (Lipinski definition) is 2. The van der Waals surface area contributed by atoms with Crippen LogP contribution in [0.25, 0.3) is 32.7 Å².